The van der Waals surface area contributed by atoms with Gasteiger partial charge in [0.15, 0.2) is 0 Å². The number of primary sulfonamides is 1. The van der Waals surface area contributed by atoms with Gasteiger partial charge in [0.2, 0.25) is 10.0 Å². The van der Waals surface area contributed by atoms with Gasteiger partial charge in [-0.1, -0.05) is 0 Å². The van der Waals surface area contributed by atoms with Crippen LogP contribution in [0.15, 0.2) is 40.6 Å². The van der Waals surface area contributed by atoms with Crippen LogP contribution in [-0.4, -0.2) is 56.2 Å². The largest absolute Gasteiger partial charge is 0.335 e. The summed E-state index contributed by atoms with van der Waals surface area (Å²) in [6.45, 7) is 3.72. The minimum atomic E-state index is -3.78. The number of aryl methyl sites for hydroxylation is 1. The molecule has 26 heavy (non-hydrogen) atoms. The second-order valence-electron chi connectivity index (χ2n) is 6.09. The summed E-state index contributed by atoms with van der Waals surface area (Å²) in [5.41, 5.74) is 1.36. The number of piperazine rings is 1. The van der Waals surface area contributed by atoms with Gasteiger partial charge in [-0.15, -0.1) is 11.3 Å². The number of sulfonamides is 1. The van der Waals surface area contributed by atoms with E-state index in [4.69, 9.17) is 5.14 Å². The van der Waals surface area contributed by atoms with E-state index in [0.29, 0.717) is 31.7 Å². The molecule has 1 saturated heterocycles. The van der Waals surface area contributed by atoms with Crippen LogP contribution in [-0.2, 0) is 10.0 Å². The minimum Gasteiger partial charge on any atom is -0.335 e. The number of thiophene rings is 1. The molecule has 0 bridgehead atoms. The van der Waals surface area contributed by atoms with Crippen molar-refractivity contribution in [3.05, 3.63) is 51.7 Å². The Bertz CT molecular complexity index is 927. The molecule has 3 rings (SSSR count). The summed E-state index contributed by atoms with van der Waals surface area (Å²) in [6, 6.07) is 7.47. The number of rotatable bonds is 3. The molecule has 9 heteroatoms. The van der Waals surface area contributed by atoms with Gasteiger partial charge in [-0.3, -0.25) is 9.59 Å². The van der Waals surface area contributed by atoms with E-state index in [0.717, 1.165) is 10.4 Å². The van der Waals surface area contributed by atoms with Crippen molar-refractivity contribution in [3.63, 3.8) is 0 Å². The third-order valence-electron chi connectivity index (χ3n) is 4.34. The lowest BCUT2D eigenvalue weighted by Gasteiger charge is -2.34. The first-order valence-corrected chi connectivity index (χ1v) is 10.5. The average Bonchev–Trinajstić information content (AvgIpc) is 3.06. The number of hydrogen-bond donors (Lipinski definition) is 1. The molecule has 0 radical (unpaired) electrons. The standard InChI is InChI=1S/C17H19N3O4S2/c1-12-6-11-25-15(12)17(22)20-9-7-19(8-10-20)16(21)13-2-4-14(5-3-13)26(18,23)24/h2-6,11H,7-10H2,1H3,(H2,18,23,24). The lowest BCUT2D eigenvalue weighted by atomic mass is 10.1. The number of nitrogens with zero attached hydrogens (tertiary/aromatic N) is 2. The fourth-order valence-corrected chi connectivity index (χ4v) is 4.23. The van der Waals surface area contributed by atoms with Crippen LogP contribution >= 0.6 is 11.3 Å². The maximum absolute atomic E-state index is 12.6. The molecule has 2 N–H and O–H groups in total. The Kier molecular flexibility index (Phi) is 5.12. The molecular weight excluding hydrogens is 374 g/mol. The van der Waals surface area contributed by atoms with Crippen LogP contribution in [0.4, 0.5) is 0 Å². The molecule has 0 spiro atoms. The highest BCUT2D eigenvalue weighted by Gasteiger charge is 2.26. The van der Waals surface area contributed by atoms with Gasteiger partial charge in [0.25, 0.3) is 11.8 Å². The molecule has 0 atom stereocenters. The zero-order valence-electron chi connectivity index (χ0n) is 14.2. The SMILES string of the molecule is Cc1ccsc1C(=O)N1CCN(C(=O)c2ccc(S(N)(=O)=O)cc2)CC1. The molecule has 0 saturated carbocycles. The van der Waals surface area contributed by atoms with Crippen molar-refractivity contribution >= 4 is 33.2 Å². The predicted molar refractivity (Wildman–Crippen MR) is 98.7 cm³/mol. The first-order valence-electron chi connectivity index (χ1n) is 8.03. The fourth-order valence-electron chi connectivity index (χ4n) is 2.82. The number of benzene rings is 1. The van der Waals surface area contributed by atoms with Crippen LogP contribution < -0.4 is 5.14 Å². The molecule has 1 aliphatic heterocycles. The number of hydrogen-bond acceptors (Lipinski definition) is 5. The van der Waals surface area contributed by atoms with E-state index in [1.54, 1.807) is 9.80 Å². The van der Waals surface area contributed by atoms with Crippen molar-refractivity contribution in [2.45, 2.75) is 11.8 Å². The first kappa shape index (κ1) is 18.6. The monoisotopic (exact) mass is 393 g/mol. The van der Waals surface area contributed by atoms with Crippen LogP contribution in [0.2, 0.25) is 0 Å². The third-order valence-corrected chi connectivity index (χ3v) is 6.27. The number of carbonyl (C=O) groups excluding carboxylic acids is 2. The zero-order chi connectivity index (χ0) is 18.9. The van der Waals surface area contributed by atoms with Gasteiger partial charge in [0.1, 0.15) is 0 Å². The highest BCUT2D eigenvalue weighted by molar-refractivity contribution is 7.89. The van der Waals surface area contributed by atoms with E-state index < -0.39 is 10.0 Å². The molecule has 1 aromatic carbocycles. The van der Waals surface area contributed by atoms with Gasteiger partial charge < -0.3 is 9.80 Å². The van der Waals surface area contributed by atoms with Crippen molar-refractivity contribution in [1.82, 2.24) is 9.80 Å². The lowest BCUT2D eigenvalue weighted by Crippen LogP contribution is -2.50. The van der Waals surface area contributed by atoms with Crippen molar-refractivity contribution in [3.8, 4) is 0 Å². The molecular formula is C17H19N3O4S2. The van der Waals surface area contributed by atoms with E-state index in [2.05, 4.69) is 0 Å². The molecule has 2 amide bonds. The van der Waals surface area contributed by atoms with E-state index in [-0.39, 0.29) is 16.7 Å². The Balaban J connectivity index is 1.63. The smallest absolute Gasteiger partial charge is 0.264 e. The van der Waals surface area contributed by atoms with Crippen LogP contribution in [0.1, 0.15) is 25.6 Å². The van der Waals surface area contributed by atoms with Crippen molar-refractivity contribution < 1.29 is 18.0 Å². The summed E-state index contributed by atoms with van der Waals surface area (Å²) in [6.07, 6.45) is 0. The Morgan fingerprint density at radius 3 is 1.96 bits per heavy atom. The summed E-state index contributed by atoms with van der Waals surface area (Å²) in [4.78, 5) is 29.2. The predicted octanol–water partition coefficient (Wildman–Crippen LogP) is 1.30. The molecule has 1 aromatic heterocycles. The average molecular weight is 393 g/mol. The van der Waals surface area contributed by atoms with Gasteiger partial charge in [0.05, 0.1) is 9.77 Å². The summed E-state index contributed by atoms with van der Waals surface area (Å²) in [5, 5.41) is 6.96. The van der Waals surface area contributed by atoms with Gasteiger partial charge in [0, 0.05) is 31.7 Å². The van der Waals surface area contributed by atoms with Gasteiger partial charge in [-0.05, 0) is 48.2 Å². The number of amides is 2. The molecule has 2 heterocycles. The van der Waals surface area contributed by atoms with Crippen LogP contribution in [0.5, 0.6) is 0 Å². The van der Waals surface area contributed by atoms with Crippen LogP contribution in [0.25, 0.3) is 0 Å². The molecule has 2 aromatic rings. The highest BCUT2D eigenvalue weighted by atomic mass is 32.2. The van der Waals surface area contributed by atoms with Crippen molar-refractivity contribution in [2.75, 3.05) is 26.2 Å². The fraction of sp³-hybridized carbons (Fsp3) is 0.294. The Morgan fingerprint density at radius 2 is 1.50 bits per heavy atom. The molecule has 0 aliphatic carbocycles. The van der Waals surface area contributed by atoms with Crippen LogP contribution in [0, 0.1) is 6.92 Å². The normalized spacial score (nSPS) is 15.2. The number of nitrogens with two attached hydrogens (primary N) is 1. The maximum Gasteiger partial charge on any atom is 0.264 e. The summed E-state index contributed by atoms with van der Waals surface area (Å²) < 4.78 is 22.6. The topological polar surface area (TPSA) is 101 Å². The third kappa shape index (κ3) is 3.79. The molecule has 1 aliphatic rings. The van der Waals surface area contributed by atoms with E-state index in [9.17, 15) is 18.0 Å². The van der Waals surface area contributed by atoms with Gasteiger partial charge in [-0.25, -0.2) is 13.6 Å². The zero-order valence-corrected chi connectivity index (χ0v) is 15.8. The summed E-state index contributed by atoms with van der Waals surface area (Å²) >= 11 is 1.43. The van der Waals surface area contributed by atoms with E-state index in [1.807, 2.05) is 18.4 Å². The summed E-state index contributed by atoms with van der Waals surface area (Å²) in [7, 11) is -3.78. The van der Waals surface area contributed by atoms with Crippen LogP contribution in [0.3, 0.4) is 0 Å². The Labute approximate surface area is 156 Å². The molecule has 1 fully saturated rings. The van der Waals surface area contributed by atoms with Gasteiger partial charge in [-0.2, -0.15) is 0 Å². The summed E-state index contributed by atoms with van der Waals surface area (Å²) in [5.74, 6) is -0.188. The van der Waals surface area contributed by atoms with E-state index >= 15 is 0 Å². The first-order chi connectivity index (χ1) is 12.3. The quantitative estimate of drug-likeness (QED) is 0.849. The Morgan fingerprint density at radius 1 is 0.962 bits per heavy atom. The highest BCUT2D eigenvalue weighted by Crippen LogP contribution is 2.19. The number of carbonyl (C=O) groups is 2. The minimum absolute atomic E-state index is 0.00195. The lowest BCUT2D eigenvalue weighted by molar-refractivity contribution is 0.0537. The van der Waals surface area contributed by atoms with E-state index in [1.165, 1.54) is 35.6 Å². The van der Waals surface area contributed by atoms with Crippen molar-refractivity contribution in [1.29, 1.82) is 0 Å². The second-order valence-corrected chi connectivity index (χ2v) is 8.56. The molecule has 138 valence electrons. The molecule has 7 nitrogen and oxygen atoms in total. The van der Waals surface area contributed by atoms with Gasteiger partial charge >= 0.3 is 0 Å². The Hall–Kier alpha value is -2.23. The second kappa shape index (κ2) is 7.18. The molecule has 0 unspecified atom stereocenters. The van der Waals surface area contributed by atoms with Crippen molar-refractivity contribution in [2.24, 2.45) is 5.14 Å². The maximum atomic E-state index is 12.6.